The van der Waals surface area contributed by atoms with Crippen LogP contribution < -0.4 is 0 Å². The van der Waals surface area contributed by atoms with E-state index in [2.05, 4.69) is 20.8 Å². The van der Waals surface area contributed by atoms with Crippen molar-refractivity contribution in [3.63, 3.8) is 0 Å². The number of carbonyl (C=O) groups is 2. The summed E-state index contributed by atoms with van der Waals surface area (Å²) >= 11 is 0. The molecule has 1 N–H and O–H groups in total. The predicted octanol–water partition coefficient (Wildman–Crippen LogP) is 4.53. The van der Waals surface area contributed by atoms with Crippen LogP contribution >= 0.6 is 0 Å². The highest BCUT2D eigenvalue weighted by molar-refractivity contribution is 6.06. The molecule has 2 atom stereocenters. The number of esters is 1. The van der Waals surface area contributed by atoms with E-state index < -0.39 is 5.97 Å². The van der Waals surface area contributed by atoms with Crippen LogP contribution in [0.2, 0.25) is 0 Å². The third-order valence-electron chi connectivity index (χ3n) is 6.71. The van der Waals surface area contributed by atoms with E-state index in [-0.39, 0.29) is 40.2 Å². The zero-order valence-electron chi connectivity index (χ0n) is 17.2. The number of rotatable bonds is 3. The van der Waals surface area contributed by atoms with Crippen molar-refractivity contribution < 1.29 is 19.4 Å². The summed E-state index contributed by atoms with van der Waals surface area (Å²) < 4.78 is 5.62. The van der Waals surface area contributed by atoms with E-state index in [9.17, 15) is 14.7 Å². The van der Waals surface area contributed by atoms with Crippen LogP contribution in [0.4, 0.5) is 0 Å². The van der Waals surface area contributed by atoms with Gasteiger partial charge in [0.1, 0.15) is 11.9 Å². The van der Waals surface area contributed by atoms with E-state index in [1.54, 1.807) is 6.07 Å². The van der Waals surface area contributed by atoms with Crippen LogP contribution in [0.3, 0.4) is 0 Å². The van der Waals surface area contributed by atoms with E-state index in [1.165, 1.54) is 12.1 Å². The molecule has 1 heterocycles. The molecule has 0 aromatic heterocycles. The van der Waals surface area contributed by atoms with Crippen LogP contribution in [0.15, 0.2) is 18.2 Å². The average Bonchev–Trinajstić information content (AvgIpc) is 3.18. The molecule has 0 radical (unpaired) electrons. The van der Waals surface area contributed by atoms with Gasteiger partial charge >= 0.3 is 5.97 Å². The minimum atomic E-state index is -0.500. The van der Waals surface area contributed by atoms with Crippen LogP contribution in [-0.2, 0) is 4.74 Å². The highest BCUT2D eigenvalue weighted by Gasteiger charge is 2.51. The van der Waals surface area contributed by atoms with E-state index >= 15 is 0 Å². The van der Waals surface area contributed by atoms with Gasteiger partial charge in [-0.3, -0.25) is 4.79 Å². The van der Waals surface area contributed by atoms with Crippen molar-refractivity contribution in [2.75, 3.05) is 6.54 Å². The first kappa shape index (κ1) is 19.3. The Labute approximate surface area is 167 Å². The Morgan fingerprint density at radius 2 is 1.82 bits per heavy atom. The number of ether oxygens (including phenoxy) is 1. The molecule has 3 fully saturated rings. The summed E-state index contributed by atoms with van der Waals surface area (Å²) in [5.41, 5.74) is 0.868. The minimum absolute atomic E-state index is 0.0248. The monoisotopic (exact) mass is 385 g/mol. The first-order valence-electron chi connectivity index (χ1n) is 10.5. The predicted molar refractivity (Wildman–Crippen MR) is 106 cm³/mol. The van der Waals surface area contributed by atoms with Crippen LogP contribution in [0.25, 0.3) is 0 Å². The molecule has 0 spiro atoms. The zero-order chi connectivity index (χ0) is 20.1. The minimum Gasteiger partial charge on any atom is -0.508 e. The molecule has 3 aliphatic rings. The van der Waals surface area contributed by atoms with E-state index in [0.29, 0.717) is 5.56 Å². The highest BCUT2D eigenvalue weighted by Crippen LogP contribution is 2.52. The number of hydrogen-bond donors (Lipinski definition) is 1. The second-order valence-electron chi connectivity index (χ2n) is 10.2. The number of aromatic hydroxyl groups is 1. The third kappa shape index (κ3) is 3.63. The molecule has 2 bridgehead atoms. The highest BCUT2D eigenvalue weighted by atomic mass is 16.5. The lowest BCUT2D eigenvalue weighted by atomic mass is 9.65. The molecular formula is C23H31NO4. The number of benzene rings is 1. The third-order valence-corrected chi connectivity index (χ3v) is 6.71. The molecule has 1 aliphatic heterocycles. The summed E-state index contributed by atoms with van der Waals surface area (Å²) in [5, 5.41) is 9.92. The van der Waals surface area contributed by atoms with Gasteiger partial charge in [-0.1, -0.05) is 20.8 Å². The molecule has 5 heteroatoms. The Hall–Kier alpha value is -2.04. The molecular weight excluding hydrogens is 354 g/mol. The van der Waals surface area contributed by atoms with Gasteiger partial charge in [-0.2, -0.15) is 0 Å². The van der Waals surface area contributed by atoms with Gasteiger partial charge in [-0.15, -0.1) is 0 Å². The summed E-state index contributed by atoms with van der Waals surface area (Å²) in [6, 6.07) is 4.62. The molecule has 2 unspecified atom stereocenters. The molecule has 1 aromatic carbocycles. The van der Waals surface area contributed by atoms with E-state index in [0.717, 1.165) is 51.5 Å². The topological polar surface area (TPSA) is 66.8 Å². The molecule has 152 valence electrons. The summed E-state index contributed by atoms with van der Waals surface area (Å²) in [6.45, 7) is 7.53. The van der Waals surface area contributed by atoms with Gasteiger partial charge in [-0.25, -0.2) is 4.79 Å². The number of hydrogen-bond acceptors (Lipinski definition) is 4. The van der Waals surface area contributed by atoms with Crippen molar-refractivity contribution in [3.8, 4) is 5.75 Å². The van der Waals surface area contributed by atoms with Gasteiger partial charge in [-0.05, 0) is 74.0 Å². The molecule has 1 amide bonds. The maximum atomic E-state index is 13.5. The van der Waals surface area contributed by atoms with Crippen LogP contribution in [0, 0.1) is 10.8 Å². The average molecular weight is 386 g/mol. The second kappa shape index (κ2) is 6.78. The van der Waals surface area contributed by atoms with Crippen molar-refractivity contribution in [1.29, 1.82) is 0 Å². The molecule has 5 nitrogen and oxygen atoms in total. The first-order valence-corrected chi connectivity index (χ1v) is 10.5. The fraction of sp³-hybridized carbons (Fsp3) is 0.652. The van der Waals surface area contributed by atoms with Crippen LogP contribution in [0.1, 0.15) is 86.4 Å². The zero-order valence-corrected chi connectivity index (χ0v) is 17.2. The number of nitrogens with zero attached hydrogens (tertiary/aromatic N) is 1. The number of phenolic OH excluding ortho intramolecular Hbond substituents is 1. The second-order valence-corrected chi connectivity index (χ2v) is 10.2. The fourth-order valence-corrected chi connectivity index (χ4v) is 5.96. The molecule has 1 saturated heterocycles. The Kier molecular flexibility index (Phi) is 4.67. The molecule has 1 aromatic rings. The Balaban J connectivity index is 1.60. The standard InChI is InChI=1S/C23H31NO4/c1-22(2)11-15-12-23(3,13-22)14-24(15)20(26)18-9-8-16(25)10-19(18)21(27)28-17-6-4-5-7-17/h8-10,15,17,25H,4-7,11-14H2,1-3H3. The van der Waals surface area contributed by atoms with Crippen LogP contribution in [0.5, 0.6) is 5.75 Å². The Morgan fingerprint density at radius 1 is 1.11 bits per heavy atom. The SMILES string of the molecule is CC1(C)CC2CC(C)(CN2C(=O)c2ccc(O)cc2C(=O)OC2CCCC2)C1. The normalized spacial score (nSPS) is 29.1. The largest absolute Gasteiger partial charge is 0.508 e. The number of amides is 1. The smallest absolute Gasteiger partial charge is 0.339 e. The first-order chi connectivity index (χ1) is 13.2. The summed E-state index contributed by atoms with van der Waals surface area (Å²) in [6.07, 6.45) is 6.89. The Bertz CT molecular complexity index is 796. The molecule has 2 saturated carbocycles. The van der Waals surface area contributed by atoms with Gasteiger partial charge in [0, 0.05) is 12.6 Å². The van der Waals surface area contributed by atoms with E-state index in [1.807, 2.05) is 4.90 Å². The van der Waals surface area contributed by atoms with Gasteiger partial charge < -0.3 is 14.7 Å². The maximum Gasteiger partial charge on any atom is 0.339 e. The Morgan fingerprint density at radius 3 is 2.54 bits per heavy atom. The van der Waals surface area contributed by atoms with Crippen molar-refractivity contribution >= 4 is 11.9 Å². The van der Waals surface area contributed by atoms with Crippen molar-refractivity contribution in [3.05, 3.63) is 29.3 Å². The van der Waals surface area contributed by atoms with Crippen molar-refractivity contribution in [1.82, 2.24) is 4.90 Å². The lowest BCUT2D eigenvalue weighted by Gasteiger charge is -2.39. The van der Waals surface area contributed by atoms with Crippen molar-refractivity contribution in [2.45, 2.75) is 77.9 Å². The van der Waals surface area contributed by atoms with Gasteiger partial charge in [0.25, 0.3) is 5.91 Å². The summed E-state index contributed by atoms with van der Waals surface area (Å²) in [4.78, 5) is 28.2. The number of phenols is 1. The lowest BCUT2D eigenvalue weighted by Crippen LogP contribution is -2.38. The number of fused-ring (bicyclic) bond motifs is 2. The van der Waals surface area contributed by atoms with Crippen molar-refractivity contribution in [2.24, 2.45) is 10.8 Å². The van der Waals surface area contributed by atoms with Gasteiger partial charge in [0.05, 0.1) is 11.1 Å². The van der Waals surface area contributed by atoms with Crippen LogP contribution in [-0.4, -0.2) is 40.6 Å². The summed E-state index contributed by atoms with van der Waals surface area (Å²) in [7, 11) is 0. The lowest BCUT2D eigenvalue weighted by molar-refractivity contribution is 0.0312. The molecule has 4 rings (SSSR count). The summed E-state index contributed by atoms with van der Waals surface area (Å²) in [5.74, 6) is -0.646. The van der Waals surface area contributed by atoms with Gasteiger partial charge in [0.15, 0.2) is 0 Å². The molecule has 28 heavy (non-hydrogen) atoms. The molecule has 2 aliphatic carbocycles. The maximum absolute atomic E-state index is 13.5. The fourth-order valence-electron chi connectivity index (χ4n) is 5.96. The number of carbonyl (C=O) groups excluding carboxylic acids is 2. The van der Waals surface area contributed by atoms with Gasteiger partial charge in [0.2, 0.25) is 0 Å². The number of likely N-dealkylation sites (tertiary alicyclic amines) is 1. The van der Waals surface area contributed by atoms with E-state index in [4.69, 9.17) is 4.74 Å². The quantitative estimate of drug-likeness (QED) is 0.776.